The van der Waals surface area contributed by atoms with Crippen molar-refractivity contribution in [1.29, 1.82) is 0 Å². The molecule has 0 spiro atoms. The quantitative estimate of drug-likeness (QED) is 0.542. The lowest BCUT2D eigenvalue weighted by Crippen LogP contribution is -2.35. The minimum Gasteiger partial charge on any atom is -0.495 e. The monoisotopic (exact) mass is 496 g/mol. The molecule has 0 radical (unpaired) electrons. The lowest BCUT2D eigenvalue weighted by atomic mass is 10.0. The van der Waals surface area contributed by atoms with Crippen molar-refractivity contribution in [3.8, 4) is 5.75 Å². The molecular weight excluding hydrogens is 468 g/mol. The second kappa shape index (κ2) is 10.4. The molecule has 0 aliphatic heterocycles. The molecule has 0 bridgehead atoms. The molecule has 164 valence electrons. The Morgan fingerprint density at radius 1 is 1.17 bits per heavy atom. The molecule has 6 nitrogen and oxygen atoms in total. The first-order chi connectivity index (χ1) is 14.1. The number of rotatable bonds is 9. The van der Waals surface area contributed by atoms with Crippen molar-refractivity contribution >= 4 is 31.9 Å². The van der Waals surface area contributed by atoms with Gasteiger partial charge in [0.2, 0.25) is 10.0 Å². The van der Waals surface area contributed by atoms with Gasteiger partial charge in [-0.25, -0.2) is 13.1 Å². The smallest absolute Gasteiger partial charge is 0.254 e. The van der Waals surface area contributed by atoms with Crippen LogP contribution in [0.4, 0.5) is 0 Å². The maximum Gasteiger partial charge on any atom is 0.254 e. The number of nitrogens with zero attached hydrogens (tertiary/aromatic N) is 1. The topological polar surface area (TPSA) is 75.7 Å². The van der Waals surface area contributed by atoms with Gasteiger partial charge in [-0.1, -0.05) is 41.1 Å². The summed E-state index contributed by atoms with van der Waals surface area (Å²) in [7, 11) is -2.42. The molecule has 1 amide bonds. The Hall–Kier alpha value is -1.90. The molecule has 0 aliphatic rings. The van der Waals surface area contributed by atoms with Gasteiger partial charge in [-0.05, 0) is 57.0 Å². The zero-order chi connectivity index (χ0) is 22.5. The van der Waals surface area contributed by atoms with E-state index >= 15 is 0 Å². The van der Waals surface area contributed by atoms with Gasteiger partial charge in [-0.2, -0.15) is 0 Å². The summed E-state index contributed by atoms with van der Waals surface area (Å²) in [6, 6.07) is 11.8. The van der Waals surface area contributed by atoms with E-state index in [-0.39, 0.29) is 28.6 Å². The van der Waals surface area contributed by atoms with Crippen LogP contribution < -0.4 is 9.46 Å². The largest absolute Gasteiger partial charge is 0.495 e. The number of sulfonamides is 1. The van der Waals surface area contributed by atoms with Gasteiger partial charge >= 0.3 is 0 Å². The standard InChI is InChI=1S/C22H29BrN2O4S/c1-6-13-25(16(4)18-9-7-8-10-19(18)23)22(26)17-11-12-20(29-5)21(14-17)30(27,28)24-15(2)3/h7-12,14-16,24H,6,13H2,1-5H3. The third-order valence-electron chi connectivity index (χ3n) is 4.64. The van der Waals surface area contributed by atoms with Crippen LogP contribution >= 0.6 is 15.9 Å². The number of carbonyl (C=O) groups excluding carboxylic acids is 1. The number of hydrogen-bond acceptors (Lipinski definition) is 4. The fourth-order valence-electron chi connectivity index (χ4n) is 3.25. The van der Waals surface area contributed by atoms with Gasteiger partial charge in [0, 0.05) is 22.6 Å². The van der Waals surface area contributed by atoms with Gasteiger partial charge < -0.3 is 9.64 Å². The molecule has 0 saturated carbocycles. The molecule has 30 heavy (non-hydrogen) atoms. The lowest BCUT2D eigenvalue weighted by molar-refractivity contribution is 0.0690. The summed E-state index contributed by atoms with van der Waals surface area (Å²) in [6.07, 6.45) is 0.775. The zero-order valence-electron chi connectivity index (χ0n) is 18.0. The van der Waals surface area contributed by atoms with Crippen LogP contribution in [0.15, 0.2) is 51.8 Å². The van der Waals surface area contributed by atoms with Crippen molar-refractivity contribution in [3.63, 3.8) is 0 Å². The Kier molecular flexibility index (Phi) is 8.46. The summed E-state index contributed by atoms with van der Waals surface area (Å²) in [5.41, 5.74) is 1.29. The van der Waals surface area contributed by atoms with Crippen LogP contribution in [0.1, 0.15) is 56.1 Å². The molecule has 0 saturated heterocycles. The Labute approximate surface area is 187 Å². The first-order valence-electron chi connectivity index (χ1n) is 9.88. The van der Waals surface area contributed by atoms with E-state index in [9.17, 15) is 13.2 Å². The minimum absolute atomic E-state index is 0.0467. The molecule has 0 aliphatic carbocycles. The first-order valence-corrected chi connectivity index (χ1v) is 12.2. The molecule has 1 atom stereocenters. The van der Waals surface area contributed by atoms with Gasteiger partial charge in [-0.3, -0.25) is 4.79 Å². The van der Waals surface area contributed by atoms with E-state index in [2.05, 4.69) is 20.7 Å². The predicted octanol–water partition coefficient (Wildman–Crippen LogP) is 4.76. The summed E-state index contributed by atoms with van der Waals surface area (Å²) in [5, 5.41) is 0. The molecule has 1 unspecified atom stereocenters. The van der Waals surface area contributed by atoms with Crippen molar-refractivity contribution in [2.24, 2.45) is 0 Å². The van der Waals surface area contributed by atoms with Crippen LogP contribution in [-0.4, -0.2) is 38.9 Å². The normalized spacial score (nSPS) is 12.6. The minimum atomic E-state index is -3.83. The maximum atomic E-state index is 13.4. The van der Waals surface area contributed by atoms with E-state index in [0.29, 0.717) is 12.1 Å². The second-order valence-electron chi connectivity index (χ2n) is 7.34. The third-order valence-corrected chi connectivity index (χ3v) is 7.04. The van der Waals surface area contributed by atoms with Crippen molar-refractivity contribution in [1.82, 2.24) is 9.62 Å². The molecule has 1 N–H and O–H groups in total. The molecule has 8 heteroatoms. The van der Waals surface area contributed by atoms with Crippen LogP contribution in [0.2, 0.25) is 0 Å². The average Bonchev–Trinajstić information content (AvgIpc) is 2.70. The number of benzene rings is 2. The fourth-order valence-corrected chi connectivity index (χ4v) is 5.32. The number of carbonyl (C=O) groups is 1. The van der Waals surface area contributed by atoms with Crippen LogP contribution in [0, 0.1) is 0 Å². The van der Waals surface area contributed by atoms with Crippen LogP contribution in [-0.2, 0) is 10.0 Å². The van der Waals surface area contributed by atoms with E-state index in [1.807, 2.05) is 38.1 Å². The molecule has 0 aromatic heterocycles. The van der Waals surface area contributed by atoms with Crippen molar-refractivity contribution < 1.29 is 17.9 Å². The number of amides is 1. The van der Waals surface area contributed by atoms with Gasteiger partial charge in [-0.15, -0.1) is 0 Å². The van der Waals surface area contributed by atoms with Crippen molar-refractivity contribution in [2.45, 2.75) is 51.1 Å². The Morgan fingerprint density at radius 2 is 1.83 bits per heavy atom. The Bertz CT molecular complexity index is 992. The van der Waals surface area contributed by atoms with E-state index in [1.54, 1.807) is 24.8 Å². The zero-order valence-corrected chi connectivity index (χ0v) is 20.4. The Morgan fingerprint density at radius 3 is 2.40 bits per heavy atom. The van der Waals surface area contributed by atoms with E-state index in [0.717, 1.165) is 16.5 Å². The first kappa shape index (κ1) is 24.4. The van der Waals surface area contributed by atoms with Crippen LogP contribution in [0.5, 0.6) is 5.75 Å². The second-order valence-corrected chi connectivity index (χ2v) is 9.87. The van der Waals surface area contributed by atoms with Gasteiger partial charge in [0.25, 0.3) is 5.91 Å². The average molecular weight is 497 g/mol. The molecular formula is C22H29BrN2O4S. The van der Waals surface area contributed by atoms with E-state index in [1.165, 1.54) is 19.2 Å². The summed E-state index contributed by atoms with van der Waals surface area (Å²) < 4.78 is 34.2. The van der Waals surface area contributed by atoms with Crippen LogP contribution in [0.3, 0.4) is 0 Å². The van der Waals surface area contributed by atoms with Gasteiger partial charge in [0.05, 0.1) is 13.2 Å². The highest BCUT2D eigenvalue weighted by molar-refractivity contribution is 9.10. The highest BCUT2D eigenvalue weighted by Gasteiger charge is 2.27. The molecule has 2 aromatic rings. The molecule has 0 fully saturated rings. The van der Waals surface area contributed by atoms with Crippen molar-refractivity contribution in [3.05, 3.63) is 58.1 Å². The lowest BCUT2D eigenvalue weighted by Gasteiger charge is -2.30. The summed E-state index contributed by atoms with van der Waals surface area (Å²) >= 11 is 3.56. The fraction of sp³-hybridized carbons (Fsp3) is 0.409. The molecule has 0 heterocycles. The Balaban J connectivity index is 2.49. The number of methoxy groups -OCH3 is 1. The predicted molar refractivity (Wildman–Crippen MR) is 122 cm³/mol. The highest BCUT2D eigenvalue weighted by Crippen LogP contribution is 2.31. The summed E-state index contributed by atoms with van der Waals surface area (Å²) in [4.78, 5) is 15.1. The molecule has 2 rings (SSSR count). The highest BCUT2D eigenvalue weighted by atomic mass is 79.9. The SMILES string of the molecule is CCCN(C(=O)c1ccc(OC)c(S(=O)(=O)NC(C)C)c1)C(C)c1ccccc1Br. The summed E-state index contributed by atoms with van der Waals surface area (Å²) in [5.74, 6) is -0.0376. The number of nitrogens with one attached hydrogen (secondary N) is 1. The summed E-state index contributed by atoms with van der Waals surface area (Å²) in [6.45, 7) is 7.99. The maximum absolute atomic E-state index is 13.4. The number of hydrogen-bond donors (Lipinski definition) is 1. The van der Waals surface area contributed by atoms with E-state index < -0.39 is 10.0 Å². The molecule has 2 aromatic carbocycles. The third kappa shape index (κ3) is 5.62. The van der Waals surface area contributed by atoms with Gasteiger partial charge in [0.15, 0.2) is 0 Å². The number of halogens is 1. The van der Waals surface area contributed by atoms with Crippen LogP contribution in [0.25, 0.3) is 0 Å². The number of ether oxygens (including phenoxy) is 1. The van der Waals surface area contributed by atoms with E-state index in [4.69, 9.17) is 4.74 Å². The van der Waals surface area contributed by atoms with Gasteiger partial charge in [0.1, 0.15) is 10.6 Å². The van der Waals surface area contributed by atoms with Crippen molar-refractivity contribution in [2.75, 3.05) is 13.7 Å².